The first-order valence-corrected chi connectivity index (χ1v) is 7.80. The quantitative estimate of drug-likeness (QED) is 0.889. The summed E-state index contributed by atoms with van der Waals surface area (Å²) in [6.07, 6.45) is 9.97. The fraction of sp³-hybridized carbons (Fsp3) is 0.588. The fourth-order valence-electron chi connectivity index (χ4n) is 3.81. The Labute approximate surface area is 120 Å². The lowest BCUT2D eigenvalue weighted by Gasteiger charge is -2.28. The Hall–Kier alpha value is -1.35. The van der Waals surface area contributed by atoms with E-state index in [1.807, 2.05) is 0 Å². The number of hydrogen-bond donors (Lipinski definition) is 2. The molecule has 0 heterocycles. The molecule has 0 aliphatic heterocycles. The van der Waals surface area contributed by atoms with Gasteiger partial charge >= 0.3 is 5.97 Å². The Morgan fingerprint density at radius 3 is 2.05 bits per heavy atom. The molecule has 0 amide bonds. The molecule has 0 fully saturated rings. The highest BCUT2D eigenvalue weighted by Crippen LogP contribution is 2.34. The van der Waals surface area contributed by atoms with E-state index in [1.54, 1.807) is 0 Å². The van der Waals surface area contributed by atoms with Crippen molar-refractivity contribution in [1.82, 2.24) is 0 Å². The number of benzene rings is 1. The van der Waals surface area contributed by atoms with Gasteiger partial charge in [0.1, 0.15) is 6.04 Å². The van der Waals surface area contributed by atoms with Gasteiger partial charge in [0, 0.05) is 0 Å². The van der Waals surface area contributed by atoms with Crippen LogP contribution in [0.25, 0.3) is 0 Å². The van der Waals surface area contributed by atoms with Crippen molar-refractivity contribution in [2.75, 3.05) is 0 Å². The van der Waals surface area contributed by atoms with Gasteiger partial charge in [-0.25, -0.2) is 0 Å². The number of carbonyl (C=O) groups is 1. The molecule has 108 valence electrons. The van der Waals surface area contributed by atoms with E-state index >= 15 is 0 Å². The van der Waals surface area contributed by atoms with Crippen molar-refractivity contribution < 1.29 is 9.90 Å². The minimum Gasteiger partial charge on any atom is -0.480 e. The highest BCUT2D eigenvalue weighted by atomic mass is 16.4. The average Bonchev–Trinajstić information content (AvgIpc) is 2.46. The van der Waals surface area contributed by atoms with Crippen molar-refractivity contribution >= 4 is 5.97 Å². The minimum atomic E-state index is -0.886. The summed E-state index contributed by atoms with van der Waals surface area (Å²) >= 11 is 0. The molecule has 1 aromatic carbocycles. The summed E-state index contributed by atoms with van der Waals surface area (Å²) in [5, 5.41) is 9.13. The Kier molecular flexibility index (Phi) is 3.79. The average molecular weight is 273 g/mol. The van der Waals surface area contributed by atoms with Crippen molar-refractivity contribution in [3.05, 3.63) is 33.9 Å². The Bertz CT molecular complexity index is 502. The highest BCUT2D eigenvalue weighted by molar-refractivity contribution is 5.74. The Balaban J connectivity index is 2.06. The number of aliphatic carboxylic acids is 1. The largest absolute Gasteiger partial charge is 0.480 e. The lowest BCUT2D eigenvalue weighted by atomic mass is 9.77. The number of carboxylic acid groups (broad SMARTS) is 1. The number of fused-ring (bicyclic) bond motifs is 2. The van der Waals surface area contributed by atoms with Crippen molar-refractivity contribution in [3.63, 3.8) is 0 Å². The molecule has 3 heteroatoms. The topological polar surface area (TPSA) is 63.3 Å². The van der Waals surface area contributed by atoms with E-state index < -0.39 is 12.0 Å². The number of rotatable bonds is 3. The molecule has 1 atom stereocenters. The van der Waals surface area contributed by atoms with Gasteiger partial charge in [-0.2, -0.15) is 0 Å². The summed E-state index contributed by atoms with van der Waals surface area (Å²) in [5.41, 5.74) is 12.9. The smallest absolute Gasteiger partial charge is 0.320 e. The lowest BCUT2D eigenvalue weighted by molar-refractivity contribution is -0.138. The van der Waals surface area contributed by atoms with Crippen molar-refractivity contribution in [3.8, 4) is 0 Å². The van der Waals surface area contributed by atoms with Crippen LogP contribution in [0.1, 0.15) is 53.5 Å². The van der Waals surface area contributed by atoms with Crippen LogP contribution in [-0.4, -0.2) is 17.1 Å². The molecular weight excluding hydrogens is 250 g/mol. The van der Waals surface area contributed by atoms with Crippen LogP contribution in [0.15, 0.2) is 6.07 Å². The fourth-order valence-corrected chi connectivity index (χ4v) is 3.81. The number of hydrogen-bond acceptors (Lipinski definition) is 2. The van der Waals surface area contributed by atoms with E-state index in [1.165, 1.54) is 53.5 Å². The third-order valence-corrected chi connectivity index (χ3v) is 4.84. The van der Waals surface area contributed by atoms with Crippen LogP contribution in [0.3, 0.4) is 0 Å². The minimum absolute atomic E-state index is 0.501. The second-order valence-electron chi connectivity index (χ2n) is 6.19. The molecule has 1 unspecified atom stereocenters. The standard InChI is InChI=1S/C17H23NO2/c18-16(17(19)20)10-15-13-7-3-1-5-11(13)9-12-6-2-4-8-14(12)15/h9,16H,1-8,10,18H2,(H,19,20). The second kappa shape index (κ2) is 5.57. The van der Waals surface area contributed by atoms with E-state index in [2.05, 4.69) is 6.07 Å². The number of carboxylic acids is 1. The van der Waals surface area contributed by atoms with Crippen LogP contribution < -0.4 is 5.73 Å². The normalized spacial score (nSPS) is 19.1. The first kappa shape index (κ1) is 13.6. The summed E-state index contributed by atoms with van der Waals surface area (Å²) in [5.74, 6) is -0.886. The molecule has 3 nitrogen and oxygen atoms in total. The van der Waals surface area contributed by atoms with Crippen molar-refractivity contribution in [1.29, 1.82) is 0 Å². The van der Waals surface area contributed by atoms with Gasteiger partial charge in [0.2, 0.25) is 0 Å². The first-order valence-electron chi connectivity index (χ1n) is 7.80. The van der Waals surface area contributed by atoms with E-state index in [4.69, 9.17) is 10.8 Å². The predicted molar refractivity (Wildman–Crippen MR) is 79.0 cm³/mol. The molecule has 20 heavy (non-hydrogen) atoms. The molecule has 0 radical (unpaired) electrons. The maximum Gasteiger partial charge on any atom is 0.320 e. The third kappa shape index (κ3) is 2.47. The molecule has 0 saturated heterocycles. The maximum absolute atomic E-state index is 11.1. The van der Waals surface area contributed by atoms with E-state index in [9.17, 15) is 4.79 Å². The van der Waals surface area contributed by atoms with Crippen LogP contribution >= 0.6 is 0 Å². The van der Waals surface area contributed by atoms with Gasteiger partial charge in [0.05, 0.1) is 0 Å². The van der Waals surface area contributed by atoms with Gasteiger partial charge in [-0.05, 0) is 85.6 Å². The molecule has 0 aromatic heterocycles. The van der Waals surface area contributed by atoms with Gasteiger partial charge < -0.3 is 10.8 Å². The lowest BCUT2D eigenvalue weighted by Crippen LogP contribution is -2.33. The van der Waals surface area contributed by atoms with Gasteiger partial charge in [-0.1, -0.05) is 6.07 Å². The number of nitrogens with two attached hydrogens (primary N) is 1. The van der Waals surface area contributed by atoms with Gasteiger partial charge in [-0.15, -0.1) is 0 Å². The van der Waals surface area contributed by atoms with Gasteiger partial charge in [0.15, 0.2) is 0 Å². The SMILES string of the molecule is NC(Cc1c2c(cc3c1CCCC3)CCCC2)C(=O)O. The Morgan fingerprint density at radius 1 is 1.05 bits per heavy atom. The molecule has 0 spiro atoms. The monoisotopic (exact) mass is 273 g/mol. The molecular formula is C17H23NO2. The maximum atomic E-state index is 11.1. The molecule has 0 saturated carbocycles. The zero-order chi connectivity index (χ0) is 14.1. The van der Waals surface area contributed by atoms with Crippen molar-refractivity contribution in [2.45, 2.75) is 63.8 Å². The summed E-state index contributed by atoms with van der Waals surface area (Å²) in [4.78, 5) is 11.1. The zero-order valence-corrected chi connectivity index (χ0v) is 12.0. The van der Waals surface area contributed by atoms with Crippen molar-refractivity contribution in [2.24, 2.45) is 5.73 Å². The zero-order valence-electron chi connectivity index (χ0n) is 12.0. The van der Waals surface area contributed by atoms with Crippen LogP contribution in [0.2, 0.25) is 0 Å². The van der Waals surface area contributed by atoms with Gasteiger partial charge in [-0.3, -0.25) is 4.79 Å². The molecule has 2 aliphatic carbocycles. The van der Waals surface area contributed by atoms with Gasteiger partial charge in [0.25, 0.3) is 0 Å². The molecule has 2 aliphatic rings. The van der Waals surface area contributed by atoms with Crippen LogP contribution in [0.5, 0.6) is 0 Å². The summed E-state index contributed by atoms with van der Waals surface area (Å²) in [6.45, 7) is 0. The summed E-state index contributed by atoms with van der Waals surface area (Å²) in [6, 6.07) is 1.63. The third-order valence-electron chi connectivity index (χ3n) is 4.84. The second-order valence-corrected chi connectivity index (χ2v) is 6.19. The molecule has 1 aromatic rings. The summed E-state index contributed by atoms with van der Waals surface area (Å²) < 4.78 is 0. The first-order chi connectivity index (χ1) is 9.66. The summed E-state index contributed by atoms with van der Waals surface area (Å²) in [7, 11) is 0. The molecule has 0 bridgehead atoms. The van der Waals surface area contributed by atoms with Crippen LogP contribution in [0.4, 0.5) is 0 Å². The van der Waals surface area contributed by atoms with E-state index in [-0.39, 0.29) is 0 Å². The molecule has 3 rings (SSSR count). The highest BCUT2D eigenvalue weighted by Gasteiger charge is 2.24. The van der Waals surface area contributed by atoms with Crippen LogP contribution in [-0.2, 0) is 36.9 Å². The van der Waals surface area contributed by atoms with E-state index in [0.29, 0.717) is 6.42 Å². The number of aryl methyl sites for hydroxylation is 2. The predicted octanol–water partition coefficient (Wildman–Crippen LogP) is 2.40. The van der Waals surface area contributed by atoms with E-state index in [0.717, 1.165) is 25.7 Å². The molecule has 3 N–H and O–H groups in total. The Morgan fingerprint density at radius 2 is 1.55 bits per heavy atom. The van der Waals surface area contributed by atoms with Crippen LogP contribution in [0, 0.1) is 0 Å².